The van der Waals surface area contributed by atoms with E-state index < -0.39 is 0 Å². The predicted octanol–water partition coefficient (Wildman–Crippen LogP) is 1.64. The summed E-state index contributed by atoms with van der Waals surface area (Å²) in [6.45, 7) is 8.12. The van der Waals surface area contributed by atoms with E-state index in [0.717, 1.165) is 64.1 Å². The molecule has 1 aromatic rings. The van der Waals surface area contributed by atoms with Crippen LogP contribution in [0.3, 0.4) is 0 Å². The number of anilines is 1. The van der Waals surface area contributed by atoms with Crippen LogP contribution in [0.2, 0.25) is 0 Å². The van der Waals surface area contributed by atoms with E-state index in [1.165, 1.54) is 5.56 Å². The average molecular weight is 385 g/mol. The van der Waals surface area contributed by atoms with Gasteiger partial charge in [0.1, 0.15) is 0 Å². The van der Waals surface area contributed by atoms with Crippen molar-refractivity contribution in [3.63, 3.8) is 0 Å². The molecule has 2 unspecified atom stereocenters. The number of nitrogens with one attached hydrogen (secondary N) is 1. The van der Waals surface area contributed by atoms with Crippen LogP contribution in [-0.4, -0.2) is 72.5 Å². The van der Waals surface area contributed by atoms with Crippen molar-refractivity contribution in [3.05, 3.63) is 29.8 Å². The van der Waals surface area contributed by atoms with Gasteiger partial charge >= 0.3 is 0 Å². The lowest BCUT2D eigenvalue weighted by Gasteiger charge is -2.41. The van der Waals surface area contributed by atoms with E-state index in [9.17, 15) is 9.59 Å². The molecule has 1 saturated heterocycles. The second-order valence-electron chi connectivity index (χ2n) is 8.43. The van der Waals surface area contributed by atoms with Gasteiger partial charge in [-0.1, -0.05) is 18.2 Å². The minimum atomic E-state index is -0.135. The van der Waals surface area contributed by atoms with Crippen LogP contribution in [-0.2, 0) is 16.0 Å². The van der Waals surface area contributed by atoms with Gasteiger partial charge in [-0.15, -0.1) is 0 Å². The zero-order chi connectivity index (χ0) is 19.7. The van der Waals surface area contributed by atoms with Crippen molar-refractivity contribution in [1.82, 2.24) is 15.1 Å². The maximum Gasteiger partial charge on any atom is 0.244 e. The van der Waals surface area contributed by atoms with E-state index in [4.69, 9.17) is 0 Å². The molecule has 0 bridgehead atoms. The van der Waals surface area contributed by atoms with Gasteiger partial charge in [0.15, 0.2) is 0 Å². The highest BCUT2D eigenvalue weighted by molar-refractivity contribution is 5.98. The number of fused-ring (bicyclic) bond motifs is 1. The molecule has 6 heteroatoms. The third-order valence-corrected chi connectivity index (χ3v) is 6.48. The first-order valence-corrected chi connectivity index (χ1v) is 10.7. The quantitative estimate of drug-likeness (QED) is 0.839. The number of rotatable bonds is 5. The maximum atomic E-state index is 13.2. The number of hydrogen-bond acceptors (Lipinski definition) is 4. The van der Waals surface area contributed by atoms with Gasteiger partial charge in [0.2, 0.25) is 11.8 Å². The molecule has 28 heavy (non-hydrogen) atoms. The molecular weight excluding hydrogens is 352 g/mol. The summed E-state index contributed by atoms with van der Waals surface area (Å²) >= 11 is 0. The number of nitrogens with zero attached hydrogens (tertiary/aromatic N) is 3. The number of benzene rings is 1. The Morgan fingerprint density at radius 1 is 0.964 bits per heavy atom. The third kappa shape index (κ3) is 4.08. The topological polar surface area (TPSA) is 55.9 Å². The summed E-state index contributed by atoms with van der Waals surface area (Å²) < 4.78 is 0. The van der Waals surface area contributed by atoms with Gasteiger partial charge < -0.3 is 10.2 Å². The Bertz CT molecular complexity index is 725. The zero-order valence-corrected chi connectivity index (χ0v) is 17.1. The fourth-order valence-electron chi connectivity index (χ4n) is 4.37. The number of hydrogen-bond donors (Lipinski definition) is 1. The molecule has 0 radical (unpaired) electrons. The highest BCUT2D eigenvalue weighted by Crippen LogP contribution is 2.28. The molecule has 3 aliphatic rings. The SMILES string of the molecule is CC(C(=O)NC1CC1)N1CCN(C(C)C(=O)N2CCCc3ccccc32)CC1. The summed E-state index contributed by atoms with van der Waals surface area (Å²) in [6, 6.07) is 8.44. The van der Waals surface area contributed by atoms with Crippen molar-refractivity contribution in [2.24, 2.45) is 0 Å². The van der Waals surface area contributed by atoms with Gasteiger partial charge in [-0.25, -0.2) is 0 Å². The Hall–Kier alpha value is -1.92. The highest BCUT2D eigenvalue weighted by atomic mass is 16.2. The number of aryl methyl sites for hydroxylation is 1. The van der Waals surface area contributed by atoms with Crippen LogP contribution in [0.5, 0.6) is 0 Å². The van der Waals surface area contributed by atoms with Crippen molar-refractivity contribution >= 4 is 17.5 Å². The molecule has 2 fully saturated rings. The number of para-hydroxylation sites is 1. The van der Waals surface area contributed by atoms with Crippen molar-refractivity contribution < 1.29 is 9.59 Å². The van der Waals surface area contributed by atoms with Crippen LogP contribution >= 0.6 is 0 Å². The lowest BCUT2D eigenvalue weighted by Crippen LogP contribution is -2.58. The van der Waals surface area contributed by atoms with E-state index >= 15 is 0 Å². The number of carbonyl (C=O) groups excluding carboxylic acids is 2. The van der Waals surface area contributed by atoms with E-state index in [1.807, 2.05) is 24.8 Å². The molecule has 1 N–H and O–H groups in total. The Morgan fingerprint density at radius 3 is 2.29 bits per heavy atom. The largest absolute Gasteiger partial charge is 0.352 e. The van der Waals surface area contributed by atoms with Gasteiger partial charge in [0.25, 0.3) is 0 Å². The zero-order valence-electron chi connectivity index (χ0n) is 17.1. The standard InChI is InChI=1S/C22H32N4O2/c1-16(21(27)23-19-9-10-19)24-12-14-25(15-13-24)17(2)22(28)26-11-5-7-18-6-3-4-8-20(18)26/h3-4,6,8,16-17,19H,5,7,9-15H2,1-2H3,(H,23,27). The molecule has 1 aliphatic carbocycles. The Morgan fingerprint density at radius 2 is 1.61 bits per heavy atom. The average Bonchev–Trinajstić information content (AvgIpc) is 3.55. The van der Waals surface area contributed by atoms with Gasteiger partial charge in [-0.2, -0.15) is 0 Å². The van der Waals surface area contributed by atoms with Gasteiger partial charge in [-0.3, -0.25) is 19.4 Å². The van der Waals surface area contributed by atoms with Crippen LogP contribution in [0.1, 0.15) is 38.7 Å². The molecule has 152 valence electrons. The summed E-state index contributed by atoms with van der Waals surface area (Å²) in [6.07, 6.45) is 4.31. The van der Waals surface area contributed by atoms with Gasteiger partial charge in [0, 0.05) is 44.5 Å². The molecule has 2 aliphatic heterocycles. The van der Waals surface area contributed by atoms with E-state index in [0.29, 0.717) is 6.04 Å². The Balaban J connectivity index is 1.33. The molecule has 2 amide bonds. The first kappa shape index (κ1) is 19.4. The number of amides is 2. The maximum absolute atomic E-state index is 13.2. The smallest absolute Gasteiger partial charge is 0.244 e. The van der Waals surface area contributed by atoms with E-state index in [1.54, 1.807) is 0 Å². The molecule has 2 atom stereocenters. The van der Waals surface area contributed by atoms with Crippen molar-refractivity contribution in [3.8, 4) is 0 Å². The first-order valence-electron chi connectivity index (χ1n) is 10.7. The van der Waals surface area contributed by atoms with Crippen molar-refractivity contribution in [2.75, 3.05) is 37.6 Å². The molecule has 0 aromatic heterocycles. The predicted molar refractivity (Wildman–Crippen MR) is 110 cm³/mol. The molecule has 1 saturated carbocycles. The molecule has 1 aromatic carbocycles. The normalized spacial score (nSPS) is 23.0. The summed E-state index contributed by atoms with van der Waals surface area (Å²) in [5.41, 5.74) is 2.35. The molecule has 2 heterocycles. The minimum Gasteiger partial charge on any atom is -0.352 e. The van der Waals surface area contributed by atoms with Crippen LogP contribution in [0.15, 0.2) is 24.3 Å². The van der Waals surface area contributed by atoms with Crippen LogP contribution < -0.4 is 10.2 Å². The Labute approximate surface area is 167 Å². The molecule has 4 rings (SSSR count). The van der Waals surface area contributed by atoms with Gasteiger partial charge in [0.05, 0.1) is 12.1 Å². The van der Waals surface area contributed by atoms with E-state index in [2.05, 4.69) is 33.3 Å². The second-order valence-corrected chi connectivity index (χ2v) is 8.43. The highest BCUT2D eigenvalue weighted by Gasteiger charge is 2.34. The lowest BCUT2D eigenvalue weighted by atomic mass is 10.0. The summed E-state index contributed by atoms with van der Waals surface area (Å²) in [5.74, 6) is 0.338. The number of piperazine rings is 1. The fourth-order valence-corrected chi connectivity index (χ4v) is 4.37. The van der Waals surface area contributed by atoms with Crippen molar-refractivity contribution in [2.45, 2.75) is 57.7 Å². The summed E-state index contributed by atoms with van der Waals surface area (Å²) in [5, 5.41) is 3.10. The third-order valence-electron chi connectivity index (χ3n) is 6.48. The number of carbonyl (C=O) groups is 2. The first-order chi connectivity index (χ1) is 13.5. The summed E-state index contributed by atoms with van der Waals surface area (Å²) in [7, 11) is 0. The van der Waals surface area contributed by atoms with E-state index in [-0.39, 0.29) is 23.9 Å². The molecular formula is C22H32N4O2. The van der Waals surface area contributed by atoms with Crippen LogP contribution in [0.25, 0.3) is 0 Å². The minimum absolute atomic E-state index is 0.0947. The Kier molecular flexibility index (Phi) is 5.69. The van der Waals surface area contributed by atoms with Crippen LogP contribution in [0, 0.1) is 0 Å². The molecule has 0 spiro atoms. The monoisotopic (exact) mass is 384 g/mol. The molecule has 6 nitrogen and oxygen atoms in total. The lowest BCUT2D eigenvalue weighted by molar-refractivity contribution is -0.128. The fraction of sp³-hybridized carbons (Fsp3) is 0.636. The van der Waals surface area contributed by atoms with Crippen LogP contribution in [0.4, 0.5) is 5.69 Å². The van der Waals surface area contributed by atoms with Crippen molar-refractivity contribution in [1.29, 1.82) is 0 Å². The second kappa shape index (κ2) is 8.21. The summed E-state index contributed by atoms with van der Waals surface area (Å²) in [4.78, 5) is 32.0. The van der Waals surface area contributed by atoms with Gasteiger partial charge in [-0.05, 0) is 51.2 Å².